The summed E-state index contributed by atoms with van der Waals surface area (Å²) in [5.41, 5.74) is 0.278. The van der Waals surface area contributed by atoms with E-state index in [1.54, 1.807) is 12.1 Å². The van der Waals surface area contributed by atoms with E-state index in [2.05, 4.69) is 18.8 Å². The summed E-state index contributed by atoms with van der Waals surface area (Å²) in [6, 6.07) is 4.58. The maximum absolute atomic E-state index is 13.5. The van der Waals surface area contributed by atoms with Gasteiger partial charge in [-0.15, -0.1) is 0 Å². The predicted molar refractivity (Wildman–Crippen MR) is 65.4 cm³/mol. The summed E-state index contributed by atoms with van der Waals surface area (Å²) in [6.07, 6.45) is 3.22. The van der Waals surface area contributed by atoms with Crippen LogP contribution in [-0.4, -0.2) is 18.3 Å². The summed E-state index contributed by atoms with van der Waals surface area (Å²) in [5.74, 6) is 5.05. The molecule has 0 bridgehead atoms. The Bertz CT molecular complexity index is 404. The molecule has 17 heavy (non-hydrogen) atoms. The van der Waals surface area contributed by atoms with Gasteiger partial charge in [0.2, 0.25) is 0 Å². The van der Waals surface area contributed by atoms with Crippen LogP contribution in [-0.2, 0) is 0 Å². The normalized spacial score (nSPS) is 9.59. The van der Waals surface area contributed by atoms with Crippen LogP contribution >= 0.6 is 0 Å². The smallest absolute Gasteiger partial charge is 0.142 e. The number of unbranched alkanes of at least 4 members (excludes halogenated alkanes) is 2. The Kier molecular flexibility index (Phi) is 6.13. The molecule has 0 fully saturated rings. The second-order valence-corrected chi connectivity index (χ2v) is 3.66. The van der Waals surface area contributed by atoms with Crippen molar-refractivity contribution in [1.82, 2.24) is 0 Å². The van der Waals surface area contributed by atoms with Crippen LogP contribution < -0.4 is 4.74 Å². The molecule has 0 aliphatic rings. The molecule has 0 heterocycles. The van der Waals surface area contributed by atoms with E-state index in [0.29, 0.717) is 12.4 Å². The quantitative estimate of drug-likeness (QED) is 0.629. The van der Waals surface area contributed by atoms with Crippen LogP contribution in [0.4, 0.5) is 4.39 Å². The van der Waals surface area contributed by atoms with Gasteiger partial charge in [0.05, 0.1) is 12.2 Å². The third-order valence-corrected chi connectivity index (χ3v) is 2.26. The third-order valence-electron chi connectivity index (χ3n) is 2.26. The molecule has 0 amide bonds. The number of hydrogen-bond donors (Lipinski definition) is 1. The molecule has 0 aromatic heterocycles. The van der Waals surface area contributed by atoms with Crippen molar-refractivity contribution >= 4 is 0 Å². The van der Waals surface area contributed by atoms with E-state index in [4.69, 9.17) is 9.84 Å². The highest BCUT2D eigenvalue weighted by atomic mass is 19.1. The van der Waals surface area contributed by atoms with E-state index in [1.807, 2.05) is 0 Å². The zero-order chi connectivity index (χ0) is 12.5. The minimum atomic E-state index is -0.418. The van der Waals surface area contributed by atoms with Gasteiger partial charge in [-0.1, -0.05) is 31.6 Å². The first kappa shape index (κ1) is 13.5. The molecule has 0 spiro atoms. The number of benzene rings is 1. The molecule has 1 aromatic rings. The van der Waals surface area contributed by atoms with Crippen molar-refractivity contribution in [2.24, 2.45) is 0 Å². The molecule has 0 aliphatic heterocycles. The van der Waals surface area contributed by atoms with Gasteiger partial charge >= 0.3 is 0 Å². The number of aliphatic hydroxyl groups excluding tert-OH is 1. The lowest BCUT2D eigenvalue weighted by Gasteiger charge is -2.06. The molecule has 0 saturated carbocycles. The molecule has 2 nitrogen and oxygen atoms in total. The Morgan fingerprint density at radius 3 is 2.82 bits per heavy atom. The fourth-order valence-corrected chi connectivity index (χ4v) is 1.36. The molecular weight excluding hydrogens is 219 g/mol. The second-order valence-electron chi connectivity index (χ2n) is 3.66. The van der Waals surface area contributed by atoms with Gasteiger partial charge in [0.1, 0.15) is 18.2 Å². The number of rotatable bonds is 5. The summed E-state index contributed by atoms with van der Waals surface area (Å²) >= 11 is 0. The van der Waals surface area contributed by atoms with Crippen molar-refractivity contribution in [1.29, 1.82) is 0 Å². The molecule has 1 N–H and O–H groups in total. The van der Waals surface area contributed by atoms with Crippen LogP contribution in [0, 0.1) is 17.7 Å². The SMILES string of the molecule is CCCCCOc1ccc(C#CCO)c(F)c1. The summed E-state index contributed by atoms with van der Waals surface area (Å²) in [4.78, 5) is 0. The lowest BCUT2D eigenvalue weighted by molar-refractivity contribution is 0.305. The highest BCUT2D eigenvalue weighted by molar-refractivity contribution is 5.39. The van der Waals surface area contributed by atoms with Crippen molar-refractivity contribution < 1.29 is 14.2 Å². The van der Waals surface area contributed by atoms with Crippen molar-refractivity contribution in [3.63, 3.8) is 0 Å². The molecular formula is C14H17FO2. The van der Waals surface area contributed by atoms with E-state index in [9.17, 15) is 4.39 Å². The summed E-state index contributed by atoms with van der Waals surface area (Å²) in [6.45, 7) is 2.46. The Morgan fingerprint density at radius 1 is 1.35 bits per heavy atom. The average molecular weight is 236 g/mol. The summed E-state index contributed by atoms with van der Waals surface area (Å²) < 4.78 is 18.9. The van der Waals surface area contributed by atoms with Crippen molar-refractivity contribution in [2.75, 3.05) is 13.2 Å². The van der Waals surface area contributed by atoms with Crippen LogP contribution in [0.2, 0.25) is 0 Å². The third kappa shape index (κ3) is 4.88. The van der Waals surface area contributed by atoms with Gasteiger partial charge in [-0.3, -0.25) is 0 Å². The number of hydrogen-bond acceptors (Lipinski definition) is 2. The van der Waals surface area contributed by atoms with E-state index in [1.165, 1.54) is 6.07 Å². The number of aliphatic hydroxyl groups is 1. The molecule has 3 heteroatoms. The standard InChI is InChI=1S/C14H17FO2/c1-2-3-4-10-17-13-8-7-12(6-5-9-16)14(15)11-13/h7-8,11,16H,2-4,9-10H2,1H3. The van der Waals surface area contributed by atoms with Crippen LogP contribution in [0.15, 0.2) is 18.2 Å². The van der Waals surface area contributed by atoms with Crippen molar-refractivity contribution in [2.45, 2.75) is 26.2 Å². The Labute approximate surface area is 101 Å². The maximum atomic E-state index is 13.5. The number of halogens is 1. The number of ether oxygens (including phenoxy) is 1. The minimum absolute atomic E-state index is 0.269. The molecule has 92 valence electrons. The average Bonchev–Trinajstić information content (AvgIpc) is 2.34. The largest absolute Gasteiger partial charge is 0.493 e. The lowest BCUT2D eigenvalue weighted by atomic mass is 10.2. The topological polar surface area (TPSA) is 29.5 Å². The van der Waals surface area contributed by atoms with Crippen molar-refractivity contribution in [3.8, 4) is 17.6 Å². The zero-order valence-electron chi connectivity index (χ0n) is 10.0. The fourth-order valence-electron chi connectivity index (χ4n) is 1.36. The first-order valence-corrected chi connectivity index (χ1v) is 5.80. The zero-order valence-corrected chi connectivity index (χ0v) is 10.0. The van der Waals surface area contributed by atoms with Gasteiger partial charge in [-0.25, -0.2) is 4.39 Å². The van der Waals surface area contributed by atoms with Gasteiger partial charge in [0.25, 0.3) is 0 Å². The Hall–Kier alpha value is -1.53. The fraction of sp³-hybridized carbons (Fsp3) is 0.429. The van der Waals surface area contributed by atoms with Gasteiger partial charge in [0, 0.05) is 6.07 Å². The van der Waals surface area contributed by atoms with Crippen LogP contribution in [0.3, 0.4) is 0 Å². The van der Waals surface area contributed by atoms with Gasteiger partial charge in [-0.05, 0) is 18.6 Å². The monoisotopic (exact) mass is 236 g/mol. The first-order valence-electron chi connectivity index (χ1n) is 5.80. The molecule has 1 rings (SSSR count). The van der Waals surface area contributed by atoms with E-state index < -0.39 is 5.82 Å². The van der Waals surface area contributed by atoms with Gasteiger partial charge in [0.15, 0.2) is 0 Å². The molecule has 0 atom stereocenters. The van der Waals surface area contributed by atoms with Crippen LogP contribution in [0.5, 0.6) is 5.75 Å². The van der Waals surface area contributed by atoms with E-state index in [-0.39, 0.29) is 12.2 Å². The van der Waals surface area contributed by atoms with Crippen LogP contribution in [0.1, 0.15) is 31.7 Å². The van der Waals surface area contributed by atoms with E-state index in [0.717, 1.165) is 19.3 Å². The second kappa shape index (κ2) is 7.70. The summed E-state index contributed by atoms with van der Waals surface area (Å²) in [5, 5.41) is 8.52. The molecule has 1 aromatic carbocycles. The van der Waals surface area contributed by atoms with Gasteiger partial charge in [-0.2, -0.15) is 0 Å². The molecule has 0 saturated heterocycles. The highest BCUT2D eigenvalue weighted by Gasteiger charge is 2.01. The minimum Gasteiger partial charge on any atom is -0.493 e. The Morgan fingerprint density at radius 2 is 2.18 bits per heavy atom. The molecule has 0 radical (unpaired) electrons. The maximum Gasteiger partial charge on any atom is 0.142 e. The van der Waals surface area contributed by atoms with Gasteiger partial charge < -0.3 is 9.84 Å². The highest BCUT2D eigenvalue weighted by Crippen LogP contribution is 2.16. The Balaban J connectivity index is 2.56. The van der Waals surface area contributed by atoms with Crippen LogP contribution in [0.25, 0.3) is 0 Å². The molecule has 0 unspecified atom stereocenters. The lowest BCUT2D eigenvalue weighted by Crippen LogP contribution is -1.97. The van der Waals surface area contributed by atoms with Crippen molar-refractivity contribution in [3.05, 3.63) is 29.6 Å². The first-order chi connectivity index (χ1) is 8.27. The van der Waals surface area contributed by atoms with E-state index >= 15 is 0 Å². The molecule has 0 aliphatic carbocycles. The predicted octanol–water partition coefficient (Wildman–Crippen LogP) is 2.74. The summed E-state index contributed by atoms with van der Waals surface area (Å²) in [7, 11) is 0.